The fraction of sp³-hybridized carbons (Fsp3) is 0.364. The molecule has 0 N–H and O–H groups in total. The maximum atomic E-state index is 14.1. The molecule has 1 fully saturated rings. The number of ether oxygens (including phenoxy) is 1. The summed E-state index contributed by atoms with van der Waals surface area (Å²) in [6.07, 6.45) is 0. The lowest BCUT2D eigenvalue weighted by Crippen LogP contribution is -2.50. The van der Waals surface area contributed by atoms with Gasteiger partial charge in [-0.1, -0.05) is 29.8 Å². The molecule has 5 nitrogen and oxygen atoms in total. The van der Waals surface area contributed by atoms with E-state index in [4.69, 9.17) is 16.3 Å². The van der Waals surface area contributed by atoms with Gasteiger partial charge in [0.25, 0.3) is 0 Å². The molecular formula is C22H24ClFN2O3S. The summed E-state index contributed by atoms with van der Waals surface area (Å²) in [7, 11) is 0. The molecule has 0 saturated carbocycles. The molecule has 0 atom stereocenters. The number of hydrogen-bond donors (Lipinski definition) is 0. The Balaban J connectivity index is 1.39. The van der Waals surface area contributed by atoms with Gasteiger partial charge in [-0.3, -0.25) is 14.5 Å². The van der Waals surface area contributed by atoms with E-state index in [2.05, 4.69) is 4.90 Å². The van der Waals surface area contributed by atoms with Gasteiger partial charge in [-0.25, -0.2) is 4.39 Å². The SMILES string of the molecule is CC(=O)c1ccc(SCC(=O)N2CCN(CCOc3ccccc3Cl)CC2)c(F)c1. The van der Waals surface area contributed by atoms with Crippen LogP contribution < -0.4 is 4.74 Å². The minimum Gasteiger partial charge on any atom is -0.491 e. The summed E-state index contributed by atoms with van der Waals surface area (Å²) in [6, 6.07) is 11.7. The number of piperazine rings is 1. The van der Waals surface area contributed by atoms with E-state index in [-0.39, 0.29) is 17.4 Å². The van der Waals surface area contributed by atoms with E-state index in [0.29, 0.717) is 40.9 Å². The predicted molar refractivity (Wildman–Crippen MR) is 117 cm³/mol. The van der Waals surface area contributed by atoms with E-state index in [1.165, 1.54) is 13.0 Å². The molecule has 0 radical (unpaired) electrons. The molecular weight excluding hydrogens is 427 g/mol. The van der Waals surface area contributed by atoms with Gasteiger partial charge in [-0.15, -0.1) is 11.8 Å². The zero-order chi connectivity index (χ0) is 21.5. The van der Waals surface area contributed by atoms with Crippen molar-refractivity contribution in [3.63, 3.8) is 0 Å². The molecule has 0 aromatic heterocycles. The third kappa shape index (κ3) is 6.20. The molecule has 0 aliphatic carbocycles. The number of benzene rings is 2. The maximum Gasteiger partial charge on any atom is 0.233 e. The zero-order valence-electron chi connectivity index (χ0n) is 16.8. The summed E-state index contributed by atoms with van der Waals surface area (Å²) in [6.45, 7) is 5.49. The summed E-state index contributed by atoms with van der Waals surface area (Å²) in [5.74, 6) is 0.183. The van der Waals surface area contributed by atoms with Crippen LogP contribution in [0.25, 0.3) is 0 Å². The van der Waals surface area contributed by atoms with Crippen molar-refractivity contribution >= 4 is 35.1 Å². The number of carbonyl (C=O) groups excluding carboxylic acids is 2. The Morgan fingerprint density at radius 2 is 1.87 bits per heavy atom. The summed E-state index contributed by atoms with van der Waals surface area (Å²) in [5, 5.41) is 0.595. The van der Waals surface area contributed by atoms with Gasteiger partial charge in [0, 0.05) is 43.2 Å². The van der Waals surface area contributed by atoms with Gasteiger partial charge < -0.3 is 9.64 Å². The van der Waals surface area contributed by atoms with Crippen molar-refractivity contribution < 1.29 is 18.7 Å². The van der Waals surface area contributed by atoms with E-state index >= 15 is 0 Å². The second-order valence-corrected chi connectivity index (χ2v) is 8.42. The maximum absolute atomic E-state index is 14.1. The van der Waals surface area contributed by atoms with Crippen molar-refractivity contribution in [2.24, 2.45) is 0 Å². The average Bonchev–Trinajstić information content (AvgIpc) is 2.74. The average molecular weight is 451 g/mol. The Hall–Kier alpha value is -2.09. The minimum absolute atomic E-state index is 0.0120. The van der Waals surface area contributed by atoms with Crippen molar-refractivity contribution in [1.29, 1.82) is 0 Å². The van der Waals surface area contributed by atoms with Crippen molar-refractivity contribution in [3.05, 3.63) is 58.9 Å². The highest BCUT2D eigenvalue weighted by atomic mass is 35.5. The lowest BCUT2D eigenvalue weighted by molar-refractivity contribution is -0.130. The van der Waals surface area contributed by atoms with Gasteiger partial charge in [-0.05, 0) is 31.2 Å². The molecule has 3 rings (SSSR count). The van der Waals surface area contributed by atoms with E-state index < -0.39 is 5.82 Å². The Morgan fingerprint density at radius 3 is 2.53 bits per heavy atom. The highest BCUT2D eigenvalue weighted by molar-refractivity contribution is 8.00. The van der Waals surface area contributed by atoms with Gasteiger partial charge >= 0.3 is 0 Å². The number of thioether (sulfide) groups is 1. The van der Waals surface area contributed by atoms with Crippen molar-refractivity contribution in [2.75, 3.05) is 45.1 Å². The van der Waals surface area contributed by atoms with E-state index in [1.807, 2.05) is 18.2 Å². The number of ketones is 1. The van der Waals surface area contributed by atoms with Gasteiger partial charge in [0.1, 0.15) is 18.2 Å². The number of rotatable bonds is 8. The van der Waals surface area contributed by atoms with Crippen LogP contribution in [0.1, 0.15) is 17.3 Å². The van der Waals surface area contributed by atoms with Gasteiger partial charge in [0.2, 0.25) is 5.91 Å². The number of nitrogens with zero attached hydrogens (tertiary/aromatic N) is 2. The van der Waals surface area contributed by atoms with E-state index in [1.54, 1.807) is 23.1 Å². The highest BCUT2D eigenvalue weighted by Gasteiger charge is 2.21. The molecule has 1 amide bonds. The summed E-state index contributed by atoms with van der Waals surface area (Å²) >= 11 is 7.24. The molecule has 2 aromatic carbocycles. The molecule has 1 aliphatic rings. The third-order valence-corrected chi connectivity index (χ3v) is 6.26. The first-order chi connectivity index (χ1) is 14.4. The molecule has 0 bridgehead atoms. The van der Waals surface area contributed by atoms with Crippen LogP contribution in [-0.4, -0.2) is 66.6 Å². The number of Topliss-reactive ketones (excluding diaryl/α,β-unsaturated/α-hetero) is 1. The first-order valence-corrected chi connectivity index (χ1v) is 11.1. The summed E-state index contributed by atoms with van der Waals surface area (Å²) < 4.78 is 19.8. The van der Waals surface area contributed by atoms with Gasteiger partial charge in [-0.2, -0.15) is 0 Å². The number of amides is 1. The molecule has 160 valence electrons. The van der Waals surface area contributed by atoms with Gasteiger partial charge in [0.05, 0.1) is 10.8 Å². The Morgan fingerprint density at radius 1 is 1.13 bits per heavy atom. The lowest BCUT2D eigenvalue weighted by Gasteiger charge is -2.34. The molecule has 2 aromatic rings. The Kier molecular flexibility index (Phi) is 8.13. The van der Waals surface area contributed by atoms with Crippen LogP contribution in [0.5, 0.6) is 5.75 Å². The van der Waals surface area contributed by atoms with Crippen LogP contribution in [0.15, 0.2) is 47.4 Å². The van der Waals surface area contributed by atoms with Crippen molar-refractivity contribution in [1.82, 2.24) is 9.80 Å². The van der Waals surface area contributed by atoms with E-state index in [0.717, 1.165) is 31.4 Å². The van der Waals surface area contributed by atoms with Crippen LogP contribution in [0.2, 0.25) is 5.02 Å². The topological polar surface area (TPSA) is 49.9 Å². The molecule has 1 aliphatic heterocycles. The van der Waals surface area contributed by atoms with Crippen molar-refractivity contribution in [3.8, 4) is 5.75 Å². The molecule has 8 heteroatoms. The normalized spacial score (nSPS) is 14.6. The number of hydrogen-bond acceptors (Lipinski definition) is 5. The zero-order valence-corrected chi connectivity index (χ0v) is 18.3. The fourth-order valence-corrected chi connectivity index (χ4v) is 4.15. The third-order valence-electron chi connectivity index (χ3n) is 4.92. The largest absolute Gasteiger partial charge is 0.491 e. The van der Waals surface area contributed by atoms with Crippen molar-refractivity contribution in [2.45, 2.75) is 11.8 Å². The smallest absolute Gasteiger partial charge is 0.233 e. The molecule has 0 unspecified atom stereocenters. The Labute approximate surface area is 185 Å². The number of halogens is 2. The van der Waals surface area contributed by atoms with Gasteiger partial charge in [0.15, 0.2) is 5.78 Å². The van der Waals surface area contributed by atoms with E-state index in [9.17, 15) is 14.0 Å². The second-order valence-electron chi connectivity index (χ2n) is 6.99. The van der Waals surface area contributed by atoms with Crippen LogP contribution >= 0.6 is 23.4 Å². The van der Waals surface area contributed by atoms with Crippen LogP contribution in [0.3, 0.4) is 0 Å². The standard InChI is InChI=1S/C22H24ClFN2O3S/c1-16(27)17-6-7-21(19(24)14-17)30-15-22(28)26-10-8-25(9-11-26)12-13-29-20-5-3-2-4-18(20)23/h2-7,14H,8-13,15H2,1H3. The van der Waals surface area contributed by atoms with Crippen LogP contribution in [-0.2, 0) is 4.79 Å². The lowest BCUT2D eigenvalue weighted by atomic mass is 10.1. The molecule has 1 heterocycles. The summed E-state index contributed by atoms with van der Waals surface area (Å²) in [4.78, 5) is 28.2. The number of carbonyl (C=O) groups is 2. The highest BCUT2D eigenvalue weighted by Crippen LogP contribution is 2.24. The first kappa shape index (κ1) is 22.6. The van der Waals surface area contributed by atoms with Crippen LogP contribution in [0, 0.1) is 5.82 Å². The number of para-hydroxylation sites is 1. The fourth-order valence-electron chi connectivity index (χ4n) is 3.14. The monoisotopic (exact) mass is 450 g/mol. The summed E-state index contributed by atoms with van der Waals surface area (Å²) in [5.41, 5.74) is 0.331. The second kappa shape index (κ2) is 10.8. The molecule has 30 heavy (non-hydrogen) atoms. The molecule has 1 saturated heterocycles. The molecule has 0 spiro atoms. The quantitative estimate of drug-likeness (QED) is 0.449. The first-order valence-electron chi connectivity index (χ1n) is 9.75. The Bertz CT molecular complexity index is 904. The minimum atomic E-state index is -0.469. The van der Waals surface area contributed by atoms with Crippen LogP contribution in [0.4, 0.5) is 4.39 Å². The predicted octanol–water partition coefficient (Wildman–Crippen LogP) is 4.00.